The first-order valence-corrected chi connectivity index (χ1v) is 9.52. The smallest absolute Gasteiger partial charge is 0.0925 e. The maximum Gasteiger partial charge on any atom is 0.0925 e. The third kappa shape index (κ3) is 3.81. The molecular formula is C19H33FO. The van der Waals surface area contributed by atoms with Gasteiger partial charge >= 0.3 is 0 Å². The van der Waals surface area contributed by atoms with Crippen molar-refractivity contribution in [2.45, 2.75) is 83.2 Å². The molecule has 0 aromatic carbocycles. The molecule has 0 aliphatic heterocycles. The molecule has 0 spiro atoms. The zero-order valence-electron chi connectivity index (χ0n) is 13.5. The summed E-state index contributed by atoms with van der Waals surface area (Å²) < 4.78 is 13.7. The molecule has 3 fully saturated rings. The van der Waals surface area contributed by atoms with Gasteiger partial charge < -0.3 is 5.11 Å². The Hall–Kier alpha value is -0.110. The first kappa shape index (κ1) is 15.8. The minimum atomic E-state index is -0.161. The molecule has 21 heavy (non-hydrogen) atoms. The monoisotopic (exact) mass is 296 g/mol. The first-order valence-electron chi connectivity index (χ1n) is 9.52. The van der Waals surface area contributed by atoms with E-state index in [1.54, 1.807) is 0 Å². The molecule has 5 unspecified atom stereocenters. The van der Waals surface area contributed by atoms with Crippen LogP contribution in [0.15, 0.2) is 0 Å². The quantitative estimate of drug-likeness (QED) is 0.763. The standard InChI is InChI=1S/C19H33FO/c20-13-18(12-17-7-3-4-8-19(17)21)16-10-9-14-5-1-2-6-15(14)11-16/h14-19,21H,1-13H2/t14?,15?,16?,17?,18-,19?/m1/s1. The molecule has 1 nitrogen and oxygen atoms in total. The van der Waals surface area contributed by atoms with Gasteiger partial charge in [-0.25, -0.2) is 0 Å². The van der Waals surface area contributed by atoms with Crippen LogP contribution in [0.4, 0.5) is 4.39 Å². The Labute approximate surface area is 129 Å². The average Bonchev–Trinajstić information content (AvgIpc) is 2.54. The van der Waals surface area contributed by atoms with Crippen LogP contribution in [0.3, 0.4) is 0 Å². The molecule has 0 amide bonds. The lowest BCUT2D eigenvalue weighted by Gasteiger charge is -2.42. The number of alkyl halides is 1. The molecule has 0 bridgehead atoms. The fourth-order valence-corrected chi connectivity index (χ4v) is 5.57. The summed E-state index contributed by atoms with van der Waals surface area (Å²) in [5.74, 6) is 3.05. The van der Waals surface area contributed by atoms with E-state index in [0.717, 1.165) is 37.5 Å². The third-order valence-corrected chi connectivity index (χ3v) is 6.92. The maximum absolute atomic E-state index is 13.7. The van der Waals surface area contributed by atoms with Crippen LogP contribution < -0.4 is 0 Å². The van der Waals surface area contributed by atoms with Gasteiger partial charge in [0, 0.05) is 0 Å². The van der Waals surface area contributed by atoms with Crippen LogP contribution in [0.1, 0.15) is 77.0 Å². The number of aliphatic hydroxyl groups excluding tert-OH is 1. The zero-order valence-corrected chi connectivity index (χ0v) is 13.5. The Kier molecular flexibility index (Phi) is 5.59. The number of hydrogen-bond acceptors (Lipinski definition) is 1. The van der Waals surface area contributed by atoms with Gasteiger partial charge in [0.25, 0.3) is 0 Å². The van der Waals surface area contributed by atoms with Crippen molar-refractivity contribution in [3.05, 3.63) is 0 Å². The number of fused-ring (bicyclic) bond motifs is 1. The predicted molar refractivity (Wildman–Crippen MR) is 84.8 cm³/mol. The maximum atomic E-state index is 13.7. The van der Waals surface area contributed by atoms with Gasteiger partial charge in [-0.15, -0.1) is 0 Å². The van der Waals surface area contributed by atoms with Gasteiger partial charge in [-0.2, -0.15) is 0 Å². The molecule has 0 radical (unpaired) electrons. The molecule has 3 aliphatic rings. The summed E-state index contributed by atoms with van der Waals surface area (Å²) in [6.07, 6.45) is 14.8. The number of halogens is 1. The summed E-state index contributed by atoms with van der Waals surface area (Å²) in [5.41, 5.74) is 0. The molecule has 3 rings (SSSR count). The van der Waals surface area contributed by atoms with Crippen molar-refractivity contribution in [3.8, 4) is 0 Å². The lowest BCUT2D eigenvalue weighted by molar-refractivity contribution is 0.0295. The number of rotatable bonds is 4. The highest BCUT2D eigenvalue weighted by Crippen LogP contribution is 2.46. The molecule has 0 aromatic rings. The van der Waals surface area contributed by atoms with Gasteiger partial charge in [0.1, 0.15) is 0 Å². The highest BCUT2D eigenvalue weighted by molar-refractivity contribution is 4.87. The topological polar surface area (TPSA) is 20.2 Å². The highest BCUT2D eigenvalue weighted by atomic mass is 19.1. The van der Waals surface area contributed by atoms with E-state index in [9.17, 15) is 9.50 Å². The van der Waals surface area contributed by atoms with E-state index in [4.69, 9.17) is 0 Å². The van der Waals surface area contributed by atoms with E-state index in [1.165, 1.54) is 51.4 Å². The molecule has 0 aromatic heterocycles. The van der Waals surface area contributed by atoms with Crippen LogP contribution >= 0.6 is 0 Å². The summed E-state index contributed by atoms with van der Waals surface area (Å²) in [6.45, 7) is -0.161. The van der Waals surface area contributed by atoms with Gasteiger partial charge in [-0.1, -0.05) is 38.5 Å². The summed E-state index contributed by atoms with van der Waals surface area (Å²) in [7, 11) is 0. The van der Waals surface area contributed by atoms with Gasteiger partial charge in [0.2, 0.25) is 0 Å². The van der Waals surface area contributed by atoms with Crippen molar-refractivity contribution in [1.82, 2.24) is 0 Å². The van der Waals surface area contributed by atoms with Crippen molar-refractivity contribution in [1.29, 1.82) is 0 Å². The van der Waals surface area contributed by atoms with E-state index in [2.05, 4.69) is 0 Å². The van der Waals surface area contributed by atoms with Crippen LogP contribution in [-0.2, 0) is 0 Å². The largest absolute Gasteiger partial charge is 0.393 e. The second-order valence-electron chi connectivity index (χ2n) is 8.14. The Morgan fingerprint density at radius 2 is 1.57 bits per heavy atom. The first-order chi connectivity index (χ1) is 10.3. The summed E-state index contributed by atoms with van der Waals surface area (Å²) >= 11 is 0. The Bertz CT molecular complexity index is 319. The van der Waals surface area contributed by atoms with Crippen LogP contribution in [-0.4, -0.2) is 17.9 Å². The van der Waals surface area contributed by atoms with Crippen LogP contribution in [0.5, 0.6) is 0 Å². The highest BCUT2D eigenvalue weighted by Gasteiger charge is 2.37. The molecular weight excluding hydrogens is 263 g/mol. The fraction of sp³-hybridized carbons (Fsp3) is 1.00. The molecule has 122 valence electrons. The van der Waals surface area contributed by atoms with E-state index in [0.29, 0.717) is 11.8 Å². The molecule has 0 heterocycles. The SMILES string of the molecule is OC1CCCCC1C[C@H](CF)C1CCC2CCCCC2C1. The number of aliphatic hydroxyl groups is 1. The van der Waals surface area contributed by atoms with Crippen LogP contribution in [0, 0.1) is 29.6 Å². The Balaban J connectivity index is 1.55. The van der Waals surface area contributed by atoms with E-state index in [-0.39, 0.29) is 18.7 Å². The lowest BCUT2D eigenvalue weighted by atomic mass is 9.64. The third-order valence-electron chi connectivity index (χ3n) is 6.92. The molecule has 3 aliphatic carbocycles. The Morgan fingerprint density at radius 1 is 0.857 bits per heavy atom. The molecule has 0 saturated heterocycles. The van der Waals surface area contributed by atoms with E-state index in [1.807, 2.05) is 0 Å². The summed E-state index contributed by atoms with van der Waals surface area (Å²) in [6, 6.07) is 0. The van der Waals surface area contributed by atoms with Crippen molar-refractivity contribution < 1.29 is 9.50 Å². The van der Waals surface area contributed by atoms with Crippen LogP contribution in [0.25, 0.3) is 0 Å². The predicted octanol–water partition coefficient (Wildman–Crippen LogP) is 5.12. The molecule has 6 atom stereocenters. The van der Waals surface area contributed by atoms with Crippen molar-refractivity contribution in [2.24, 2.45) is 29.6 Å². The van der Waals surface area contributed by atoms with Crippen molar-refractivity contribution in [2.75, 3.05) is 6.67 Å². The Morgan fingerprint density at radius 3 is 2.33 bits per heavy atom. The zero-order chi connectivity index (χ0) is 14.7. The average molecular weight is 296 g/mol. The van der Waals surface area contributed by atoms with Crippen LogP contribution in [0.2, 0.25) is 0 Å². The number of hydrogen-bond donors (Lipinski definition) is 1. The van der Waals surface area contributed by atoms with Crippen molar-refractivity contribution >= 4 is 0 Å². The fourth-order valence-electron chi connectivity index (χ4n) is 5.57. The molecule has 3 saturated carbocycles. The minimum absolute atomic E-state index is 0.154. The second-order valence-corrected chi connectivity index (χ2v) is 8.14. The van der Waals surface area contributed by atoms with Crippen molar-refractivity contribution in [3.63, 3.8) is 0 Å². The summed E-state index contributed by atoms with van der Waals surface area (Å²) in [4.78, 5) is 0. The second kappa shape index (κ2) is 7.44. The van der Waals surface area contributed by atoms with Gasteiger partial charge in [-0.05, 0) is 68.1 Å². The van der Waals surface area contributed by atoms with E-state index < -0.39 is 0 Å². The normalized spacial score (nSPS) is 42.3. The van der Waals surface area contributed by atoms with E-state index >= 15 is 0 Å². The lowest BCUT2D eigenvalue weighted by Crippen LogP contribution is -2.34. The van der Waals surface area contributed by atoms with Gasteiger partial charge in [0.05, 0.1) is 12.8 Å². The summed E-state index contributed by atoms with van der Waals surface area (Å²) in [5, 5.41) is 10.2. The van der Waals surface area contributed by atoms with Gasteiger partial charge in [-0.3, -0.25) is 4.39 Å². The molecule has 2 heteroatoms. The van der Waals surface area contributed by atoms with Gasteiger partial charge in [0.15, 0.2) is 0 Å². The molecule has 1 N–H and O–H groups in total. The minimum Gasteiger partial charge on any atom is -0.393 e.